The van der Waals surface area contributed by atoms with Crippen molar-refractivity contribution in [3.8, 4) is 0 Å². The van der Waals surface area contributed by atoms with Gasteiger partial charge in [0.2, 0.25) is 0 Å². The van der Waals surface area contributed by atoms with E-state index < -0.39 is 5.60 Å². The van der Waals surface area contributed by atoms with Gasteiger partial charge in [0.25, 0.3) is 0 Å². The van der Waals surface area contributed by atoms with E-state index in [-0.39, 0.29) is 6.09 Å². The van der Waals surface area contributed by atoms with Gasteiger partial charge >= 0.3 is 6.09 Å². The number of hydrogen-bond acceptors (Lipinski definition) is 5. The van der Waals surface area contributed by atoms with Crippen LogP contribution in [0, 0.1) is 0 Å². The summed E-state index contributed by atoms with van der Waals surface area (Å²) in [6.07, 6.45) is 4.36. The quantitative estimate of drug-likeness (QED) is 0.785. The molecule has 7 heteroatoms. The first-order valence-electron chi connectivity index (χ1n) is 8.99. The minimum Gasteiger partial charge on any atom is -0.444 e. The van der Waals surface area contributed by atoms with E-state index in [2.05, 4.69) is 16.0 Å². The van der Waals surface area contributed by atoms with Gasteiger partial charge in [-0.25, -0.2) is 4.79 Å². The van der Waals surface area contributed by atoms with Crippen LogP contribution in [0.15, 0.2) is 18.3 Å². The minimum atomic E-state index is -0.478. The molecule has 0 N–H and O–H groups in total. The lowest BCUT2D eigenvalue weighted by Crippen LogP contribution is -2.50. The van der Waals surface area contributed by atoms with Crippen LogP contribution in [0.25, 0.3) is 5.57 Å². The van der Waals surface area contributed by atoms with Crippen LogP contribution in [0.3, 0.4) is 0 Å². The molecule has 6 nitrogen and oxygen atoms in total. The maximum Gasteiger partial charge on any atom is 0.410 e. The van der Waals surface area contributed by atoms with E-state index in [9.17, 15) is 4.79 Å². The molecule has 1 amide bonds. The van der Waals surface area contributed by atoms with E-state index in [1.807, 2.05) is 26.8 Å². The van der Waals surface area contributed by atoms with Gasteiger partial charge < -0.3 is 19.3 Å². The summed E-state index contributed by atoms with van der Waals surface area (Å²) in [5, 5.41) is 0.617. The van der Waals surface area contributed by atoms with E-state index in [0.29, 0.717) is 31.3 Å². The van der Waals surface area contributed by atoms with Crippen molar-refractivity contribution in [3.05, 3.63) is 29.1 Å². The third-order valence-corrected chi connectivity index (χ3v) is 4.58. The summed E-state index contributed by atoms with van der Waals surface area (Å²) in [7, 11) is 0. The number of piperazine rings is 1. The fourth-order valence-electron chi connectivity index (χ4n) is 3.12. The predicted octanol–water partition coefficient (Wildman–Crippen LogP) is 3.60. The van der Waals surface area contributed by atoms with Crippen LogP contribution < -0.4 is 4.90 Å². The van der Waals surface area contributed by atoms with Gasteiger partial charge in [0, 0.05) is 32.4 Å². The molecule has 0 unspecified atom stereocenters. The van der Waals surface area contributed by atoms with Crippen molar-refractivity contribution in [1.29, 1.82) is 0 Å². The number of pyridine rings is 1. The molecule has 0 aromatic carbocycles. The van der Waals surface area contributed by atoms with Crippen LogP contribution in [0.1, 0.15) is 32.9 Å². The lowest BCUT2D eigenvalue weighted by Gasteiger charge is -2.37. The molecule has 0 bridgehead atoms. The Morgan fingerprint density at radius 1 is 1.27 bits per heavy atom. The molecule has 0 atom stereocenters. The number of hydrogen-bond donors (Lipinski definition) is 0. The maximum absolute atomic E-state index is 12.3. The molecular weight excluding hydrogens is 354 g/mol. The molecule has 2 aliphatic rings. The zero-order valence-electron chi connectivity index (χ0n) is 15.6. The Morgan fingerprint density at radius 2 is 2.00 bits per heavy atom. The van der Waals surface area contributed by atoms with Crippen LogP contribution in [-0.4, -0.2) is 61.0 Å². The molecule has 0 spiro atoms. The first kappa shape index (κ1) is 19.0. The monoisotopic (exact) mass is 379 g/mol. The Kier molecular flexibility index (Phi) is 5.73. The molecule has 1 aromatic rings. The highest BCUT2D eigenvalue weighted by molar-refractivity contribution is 6.30. The summed E-state index contributed by atoms with van der Waals surface area (Å²) in [4.78, 5) is 20.8. The zero-order valence-corrected chi connectivity index (χ0v) is 16.4. The van der Waals surface area contributed by atoms with Crippen LogP contribution in [-0.2, 0) is 9.47 Å². The first-order valence-corrected chi connectivity index (χ1v) is 9.37. The second kappa shape index (κ2) is 7.84. The summed E-state index contributed by atoms with van der Waals surface area (Å²) in [6.45, 7) is 9.64. The van der Waals surface area contributed by atoms with Crippen molar-refractivity contribution in [1.82, 2.24) is 9.88 Å². The molecule has 142 valence electrons. The van der Waals surface area contributed by atoms with Crippen LogP contribution in [0.2, 0.25) is 5.02 Å². The second-order valence-electron chi connectivity index (χ2n) is 7.53. The fraction of sp³-hybridized carbons (Fsp3) is 0.579. The fourth-order valence-corrected chi connectivity index (χ4v) is 3.27. The van der Waals surface area contributed by atoms with Crippen LogP contribution >= 0.6 is 11.6 Å². The molecule has 1 fully saturated rings. The summed E-state index contributed by atoms with van der Waals surface area (Å²) >= 11 is 6.21. The van der Waals surface area contributed by atoms with Gasteiger partial charge in [-0.05, 0) is 38.8 Å². The molecule has 2 aliphatic heterocycles. The highest BCUT2D eigenvalue weighted by atomic mass is 35.5. The molecule has 0 aliphatic carbocycles. The molecule has 3 heterocycles. The van der Waals surface area contributed by atoms with Crippen molar-refractivity contribution >= 4 is 29.0 Å². The molecule has 0 radical (unpaired) electrons. The van der Waals surface area contributed by atoms with E-state index in [1.54, 1.807) is 11.1 Å². The molecule has 1 saturated heterocycles. The SMILES string of the molecule is CC(C)(C)OC(=O)N1CCN(c2cc(Cl)cnc2C2=CCOCC2)CC1. The Morgan fingerprint density at radius 3 is 2.62 bits per heavy atom. The molecular formula is C19H26ClN3O3. The average Bonchev–Trinajstić information content (AvgIpc) is 2.61. The largest absolute Gasteiger partial charge is 0.444 e. The standard InChI is InChI=1S/C19H26ClN3O3/c1-19(2,3)26-18(24)23-8-6-22(7-9-23)16-12-15(20)13-21-17(16)14-4-10-25-11-5-14/h4,12-13H,5-11H2,1-3H3. The highest BCUT2D eigenvalue weighted by Crippen LogP contribution is 2.31. The molecule has 3 rings (SSSR count). The van der Waals surface area contributed by atoms with Crippen molar-refractivity contribution in [2.45, 2.75) is 32.8 Å². The molecule has 1 aromatic heterocycles. The number of halogens is 1. The second-order valence-corrected chi connectivity index (χ2v) is 7.97. The van der Waals surface area contributed by atoms with E-state index in [4.69, 9.17) is 21.1 Å². The zero-order chi connectivity index (χ0) is 18.7. The molecule has 0 saturated carbocycles. The number of carbonyl (C=O) groups is 1. The van der Waals surface area contributed by atoms with Gasteiger partial charge in [-0.2, -0.15) is 0 Å². The minimum absolute atomic E-state index is 0.256. The van der Waals surface area contributed by atoms with Gasteiger partial charge in [0.05, 0.1) is 29.6 Å². The normalized spacial score (nSPS) is 18.5. The number of anilines is 1. The van der Waals surface area contributed by atoms with Crippen molar-refractivity contribution in [2.75, 3.05) is 44.3 Å². The van der Waals surface area contributed by atoms with Gasteiger partial charge in [0.1, 0.15) is 5.60 Å². The predicted molar refractivity (Wildman–Crippen MR) is 103 cm³/mol. The first-order chi connectivity index (χ1) is 12.3. The summed E-state index contributed by atoms with van der Waals surface area (Å²) < 4.78 is 10.9. The van der Waals surface area contributed by atoms with Crippen LogP contribution in [0.5, 0.6) is 0 Å². The third kappa shape index (κ3) is 4.68. The Hall–Kier alpha value is -1.79. The average molecular weight is 380 g/mol. The summed E-state index contributed by atoms with van der Waals surface area (Å²) in [6, 6.07) is 1.96. The Labute approximate surface area is 159 Å². The summed E-state index contributed by atoms with van der Waals surface area (Å²) in [5.41, 5.74) is 2.70. The highest BCUT2D eigenvalue weighted by Gasteiger charge is 2.27. The summed E-state index contributed by atoms with van der Waals surface area (Å²) in [5.74, 6) is 0. The Balaban J connectivity index is 1.72. The maximum atomic E-state index is 12.3. The Bertz CT molecular complexity index is 692. The van der Waals surface area contributed by atoms with Gasteiger partial charge in [0.15, 0.2) is 0 Å². The van der Waals surface area contributed by atoms with E-state index in [1.165, 1.54) is 5.57 Å². The van der Waals surface area contributed by atoms with Gasteiger partial charge in [-0.3, -0.25) is 4.98 Å². The number of carbonyl (C=O) groups excluding carboxylic acids is 1. The van der Waals surface area contributed by atoms with Crippen molar-refractivity contribution < 1.29 is 14.3 Å². The van der Waals surface area contributed by atoms with Gasteiger partial charge in [-0.15, -0.1) is 0 Å². The smallest absolute Gasteiger partial charge is 0.410 e. The van der Waals surface area contributed by atoms with Crippen molar-refractivity contribution in [3.63, 3.8) is 0 Å². The topological polar surface area (TPSA) is 54.9 Å². The number of amides is 1. The lowest BCUT2D eigenvalue weighted by atomic mass is 10.0. The number of ether oxygens (including phenoxy) is 2. The van der Waals surface area contributed by atoms with E-state index in [0.717, 1.165) is 30.9 Å². The lowest BCUT2D eigenvalue weighted by molar-refractivity contribution is 0.0240. The van der Waals surface area contributed by atoms with Crippen molar-refractivity contribution in [2.24, 2.45) is 0 Å². The number of rotatable bonds is 2. The van der Waals surface area contributed by atoms with E-state index >= 15 is 0 Å². The van der Waals surface area contributed by atoms with Crippen LogP contribution in [0.4, 0.5) is 10.5 Å². The molecule has 26 heavy (non-hydrogen) atoms. The third-order valence-electron chi connectivity index (χ3n) is 4.37. The van der Waals surface area contributed by atoms with Gasteiger partial charge in [-0.1, -0.05) is 17.7 Å². The number of nitrogens with zero attached hydrogens (tertiary/aromatic N) is 3. The number of aromatic nitrogens is 1.